The van der Waals surface area contributed by atoms with Crippen LogP contribution in [0.5, 0.6) is 0 Å². The zero-order valence-electron chi connectivity index (χ0n) is 17.6. The topological polar surface area (TPSA) is 162 Å². The van der Waals surface area contributed by atoms with Gasteiger partial charge in [0.15, 0.2) is 18.5 Å². The number of carbonyl (C=O) groups excluding carboxylic acids is 4. The van der Waals surface area contributed by atoms with Crippen LogP contribution in [0.1, 0.15) is 27.7 Å². The van der Waals surface area contributed by atoms with Gasteiger partial charge in [0, 0.05) is 34.2 Å². The number of nitrogens with one attached hydrogen (secondary N) is 1. The van der Waals surface area contributed by atoms with Gasteiger partial charge in [0.25, 0.3) is 0 Å². The van der Waals surface area contributed by atoms with Crippen LogP contribution in [-0.4, -0.2) is 87.4 Å². The average Bonchev–Trinajstić information content (AvgIpc) is 2.63. The molecule has 1 amide bonds. The van der Waals surface area contributed by atoms with Gasteiger partial charge in [0.05, 0.1) is 19.8 Å². The Labute approximate surface area is 174 Å². The summed E-state index contributed by atoms with van der Waals surface area (Å²) >= 11 is 0. The van der Waals surface area contributed by atoms with Gasteiger partial charge in [-0.05, 0) is 0 Å². The molecule has 0 radical (unpaired) electrons. The van der Waals surface area contributed by atoms with Crippen molar-refractivity contribution in [3.05, 3.63) is 0 Å². The van der Waals surface area contributed by atoms with Crippen LogP contribution >= 0.6 is 0 Å². The fourth-order valence-corrected chi connectivity index (χ4v) is 2.84. The number of rotatable bonds is 11. The lowest BCUT2D eigenvalue weighted by Gasteiger charge is -2.44. The first-order valence-corrected chi connectivity index (χ1v) is 9.45. The Bertz CT molecular complexity index is 600. The predicted molar refractivity (Wildman–Crippen MR) is 99.8 cm³/mol. The molecule has 1 fully saturated rings. The Kier molecular flexibility index (Phi) is 11.3. The molecule has 1 aliphatic rings. The number of carbonyl (C=O) groups is 4. The fourth-order valence-electron chi connectivity index (χ4n) is 2.84. The maximum Gasteiger partial charge on any atom is 0.303 e. The molecule has 0 aromatic heterocycles. The molecule has 172 valence electrons. The lowest BCUT2D eigenvalue weighted by Crippen LogP contribution is -2.66. The van der Waals surface area contributed by atoms with Crippen LogP contribution in [0.3, 0.4) is 0 Å². The highest BCUT2D eigenvalue weighted by Gasteiger charge is 2.51. The summed E-state index contributed by atoms with van der Waals surface area (Å²) in [5.41, 5.74) is 5.36. The first kappa shape index (κ1) is 25.8. The predicted octanol–water partition coefficient (Wildman–Crippen LogP) is -1.37. The highest BCUT2D eigenvalue weighted by Crippen LogP contribution is 2.28. The second kappa shape index (κ2) is 13.1. The molecule has 30 heavy (non-hydrogen) atoms. The number of esters is 3. The zero-order valence-corrected chi connectivity index (χ0v) is 17.6. The van der Waals surface area contributed by atoms with Crippen molar-refractivity contribution in [1.82, 2.24) is 5.32 Å². The average molecular weight is 434 g/mol. The molecule has 1 heterocycles. The van der Waals surface area contributed by atoms with Crippen LogP contribution < -0.4 is 11.1 Å². The largest absolute Gasteiger partial charge is 0.463 e. The van der Waals surface area contributed by atoms with Crippen molar-refractivity contribution in [2.45, 2.75) is 58.3 Å². The van der Waals surface area contributed by atoms with Crippen molar-refractivity contribution >= 4 is 23.8 Å². The van der Waals surface area contributed by atoms with E-state index in [9.17, 15) is 19.2 Å². The summed E-state index contributed by atoms with van der Waals surface area (Å²) < 4.78 is 32.4. The molecule has 0 aliphatic carbocycles. The Morgan fingerprint density at radius 2 is 1.53 bits per heavy atom. The molecule has 1 rings (SSSR count). The van der Waals surface area contributed by atoms with E-state index in [2.05, 4.69) is 5.32 Å². The highest BCUT2D eigenvalue weighted by molar-refractivity contribution is 5.73. The van der Waals surface area contributed by atoms with Gasteiger partial charge in [0.1, 0.15) is 18.8 Å². The van der Waals surface area contributed by atoms with Crippen LogP contribution in [0.25, 0.3) is 0 Å². The molecule has 0 aromatic rings. The van der Waals surface area contributed by atoms with Crippen molar-refractivity contribution in [3.8, 4) is 0 Å². The molecule has 0 saturated carbocycles. The van der Waals surface area contributed by atoms with Gasteiger partial charge in [-0.2, -0.15) is 0 Å². The number of hydrogen-bond acceptors (Lipinski definition) is 11. The quantitative estimate of drug-likeness (QED) is 0.224. The van der Waals surface area contributed by atoms with Crippen LogP contribution in [0, 0.1) is 0 Å². The van der Waals surface area contributed by atoms with E-state index in [0.717, 1.165) is 0 Å². The second-order valence-electron chi connectivity index (χ2n) is 6.49. The summed E-state index contributed by atoms with van der Waals surface area (Å²) in [6.07, 6.45) is -4.43. The van der Waals surface area contributed by atoms with E-state index in [-0.39, 0.29) is 19.8 Å². The third-order valence-electron chi connectivity index (χ3n) is 3.84. The monoisotopic (exact) mass is 434 g/mol. The minimum absolute atomic E-state index is 0.0755. The molecule has 0 spiro atoms. The minimum atomic E-state index is -1.16. The number of nitrogens with two attached hydrogens (primary N) is 1. The van der Waals surface area contributed by atoms with Crippen LogP contribution in [0.2, 0.25) is 0 Å². The van der Waals surface area contributed by atoms with Crippen LogP contribution in [0.4, 0.5) is 0 Å². The van der Waals surface area contributed by atoms with E-state index in [4.69, 9.17) is 34.2 Å². The summed E-state index contributed by atoms with van der Waals surface area (Å²) in [5, 5.41) is 2.60. The fraction of sp³-hybridized carbons (Fsp3) is 0.778. The second-order valence-corrected chi connectivity index (χ2v) is 6.49. The molecule has 5 atom stereocenters. The van der Waals surface area contributed by atoms with Gasteiger partial charge in [0.2, 0.25) is 5.91 Å². The summed E-state index contributed by atoms with van der Waals surface area (Å²) in [6, 6.07) is -1.00. The summed E-state index contributed by atoms with van der Waals surface area (Å²) in [6.45, 7) is 5.47. The molecular weight excluding hydrogens is 404 g/mol. The lowest BCUT2D eigenvalue weighted by molar-refractivity contribution is -0.279. The van der Waals surface area contributed by atoms with E-state index in [1.807, 2.05) is 0 Å². The zero-order chi connectivity index (χ0) is 22.7. The Balaban J connectivity index is 3.13. The standard InChI is InChI=1S/C18H30N2O10/c1-10(21)20-15-17(29-13(4)24)16(28-12(3)23)14(9-27-11(2)22)30-18(15)26-8-7-25-6-5-19/h14-18H,5-9,19H2,1-4H3,(H,20,21). The molecule has 0 aromatic carbocycles. The number of hydrogen-bond donors (Lipinski definition) is 2. The Morgan fingerprint density at radius 1 is 0.900 bits per heavy atom. The molecule has 12 heteroatoms. The van der Waals surface area contributed by atoms with Gasteiger partial charge in [-0.25, -0.2) is 0 Å². The Hall–Kier alpha value is -2.28. The summed E-state index contributed by atoms with van der Waals surface area (Å²) in [4.78, 5) is 46.4. The van der Waals surface area contributed by atoms with Gasteiger partial charge in [-0.15, -0.1) is 0 Å². The number of amides is 1. The highest BCUT2D eigenvalue weighted by atomic mass is 16.7. The maximum atomic E-state index is 11.8. The van der Waals surface area contributed by atoms with Crippen molar-refractivity contribution in [2.24, 2.45) is 5.73 Å². The van der Waals surface area contributed by atoms with Gasteiger partial charge in [-0.1, -0.05) is 0 Å². The normalized spacial score (nSPS) is 25.8. The molecule has 1 saturated heterocycles. The van der Waals surface area contributed by atoms with Gasteiger partial charge >= 0.3 is 17.9 Å². The smallest absolute Gasteiger partial charge is 0.303 e. The van der Waals surface area contributed by atoms with E-state index in [1.54, 1.807) is 0 Å². The van der Waals surface area contributed by atoms with Crippen LogP contribution in [-0.2, 0) is 47.6 Å². The molecule has 0 bridgehead atoms. The van der Waals surface area contributed by atoms with Crippen molar-refractivity contribution in [1.29, 1.82) is 0 Å². The molecular formula is C18H30N2O10. The summed E-state index contributed by atoms with van der Waals surface area (Å²) in [7, 11) is 0. The first-order chi connectivity index (χ1) is 14.1. The molecule has 12 nitrogen and oxygen atoms in total. The van der Waals surface area contributed by atoms with Crippen molar-refractivity contribution < 1.29 is 47.6 Å². The van der Waals surface area contributed by atoms with Gasteiger partial charge in [-0.3, -0.25) is 19.2 Å². The van der Waals surface area contributed by atoms with Crippen LogP contribution in [0.15, 0.2) is 0 Å². The van der Waals surface area contributed by atoms with Gasteiger partial charge < -0.3 is 39.5 Å². The van der Waals surface area contributed by atoms with E-state index >= 15 is 0 Å². The third-order valence-corrected chi connectivity index (χ3v) is 3.84. The molecule has 1 aliphatic heterocycles. The molecule has 3 N–H and O–H groups in total. The van der Waals surface area contributed by atoms with Crippen molar-refractivity contribution in [3.63, 3.8) is 0 Å². The van der Waals surface area contributed by atoms with E-state index < -0.39 is 54.5 Å². The van der Waals surface area contributed by atoms with E-state index in [1.165, 1.54) is 27.7 Å². The minimum Gasteiger partial charge on any atom is -0.463 e. The summed E-state index contributed by atoms with van der Waals surface area (Å²) in [5.74, 6) is -2.38. The number of ether oxygens (including phenoxy) is 6. The third kappa shape index (κ3) is 9.03. The lowest BCUT2D eigenvalue weighted by atomic mass is 9.96. The Morgan fingerprint density at radius 3 is 2.07 bits per heavy atom. The molecule has 5 unspecified atom stereocenters. The first-order valence-electron chi connectivity index (χ1n) is 9.45. The SMILES string of the molecule is CC(=O)NC1C(OCCOCCN)OC(COC(C)=O)C(OC(C)=O)C1OC(C)=O. The van der Waals surface area contributed by atoms with Crippen molar-refractivity contribution in [2.75, 3.05) is 33.0 Å². The van der Waals surface area contributed by atoms with E-state index in [0.29, 0.717) is 13.2 Å². The maximum absolute atomic E-state index is 11.8.